The van der Waals surface area contributed by atoms with Gasteiger partial charge in [0, 0.05) is 24.3 Å². The van der Waals surface area contributed by atoms with Gasteiger partial charge in [-0.3, -0.25) is 0 Å². The number of benzene rings is 1. The van der Waals surface area contributed by atoms with E-state index in [9.17, 15) is 0 Å². The lowest BCUT2D eigenvalue weighted by Crippen LogP contribution is -2.38. The summed E-state index contributed by atoms with van der Waals surface area (Å²) < 4.78 is 0. The van der Waals surface area contributed by atoms with Crippen LogP contribution < -0.4 is 10.2 Å². The van der Waals surface area contributed by atoms with Gasteiger partial charge >= 0.3 is 0 Å². The molecule has 0 atom stereocenters. The van der Waals surface area contributed by atoms with Crippen molar-refractivity contribution in [2.75, 3.05) is 18.0 Å². The maximum absolute atomic E-state index is 3.48. The Labute approximate surface area is 118 Å². The molecule has 1 saturated heterocycles. The van der Waals surface area contributed by atoms with Gasteiger partial charge in [-0.1, -0.05) is 13.0 Å². The second kappa shape index (κ2) is 5.96. The lowest BCUT2D eigenvalue weighted by Gasteiger charge is -2.34. The summed E-state index contributed by atoms with van der Waals surface area (Å²) in [5, 5.41) is 3.48. The van der Waals surface area contributed by atoms with Gasteiger partial charge < -0.3 is 10.2 Å². The Bertz CT molecular complexity index is 423. The highest BCUT2D eigenvalue weighted by atomic mass is 15.2. The number of hydrogen-bond donors (Lipinski definition) is 1. The van der Waals surface area contributed by atoms with Gasteiger partial charge in [-0.05, 0) is 69.8 Å². The largest absolute Gasteiger partial charge is 0.366 e. The average Bonchev–Trinajstić information content (AvgIpc) is 2.71. The number of aryl methyl sites for hydroxylation is 1. The van der Waals surface area contributed by atoms with Crippen LogP contribution in [0.2, 0.25) is 0 Å². The minimum atomic E-state index is 0.314. The van der Waals surface area contributed by atoms with Crippen molar-refractivity contribution >= 4 is 5.69 Å². The molecule has 19 heavy (non-hydrogen) atoms. The van der Waals surface area contributed by atoms with Crippen LogP contribution in [-0.2, 0) is 6.54 Å². The van der Waals surface area contributed by atoms with Gasteiger partial charge in [-0.25, -0.2) is 0 Å². The first-order valence-corrected chi connectivity index (χ1v) is 7.62. The summed E-state index contributed by atoms with van der Waals surface area (Å²) in [7, 11) is 0. The molecule has 1 aromatic rings. The van der Waals surface area contributed by atoms with E-state index in [-0.39, 0.29) is 0 Å². The van der Waals surface area contributed by atoms with Crippen LogP contribution in [-0.4, -0.2) is 18.6 Å². The minimum Gasteiger partial charge on any atom is -0.366 e. The third kappa shape index (κ3) is 3.30. The van der Waals surface area contributed by atoms with E-state index in [1.54, 1.807) is 0 Å². The molecular weight excluding hydrogens is 232 g/mol. The third-order valence-electron chi connectivity index (χ3n) is 4.28. The Hall–Kier alpha value is -1.02. The fraction of sp³-hybridized carbons (Fsp3) is 0.647. The van der Waals surface area contributed by atoms with Crippen molar-refractivity contribution in [3.8, 4) is 0 Å². The molecule has 1 aliphatic rings. The number of nitrogens with zero attached hydrogens (tertiary/aromatic N) is 1. The summed E-state index contributed by atoms with van der Waals surface area (Å²) in [6.07, 6.45) is 3.80. The molecule has 0 unspecified atom stereocenters. The summed E-state index contributed by atoms with van der Waals surface area (Å²) in [5.74, 6) is 0. The van der Waals surface area contributed by atoms with Crippen molar-refractivity contribution in [3.05, 3.63) is 29.3 Å². The van der Waals surface area contributed by atoms with Crippen LogP contribution in [0.5, 0.6) is 0 Å². The molecule has 2 heteroatoms. The molecule has 0 bridgehead atoms. The first-order chi connectivity index (χ1) is 9.04. The van der Waals surface area contributed by atoms with Gasteiger partial charge in [0.15, 0.2) is 0 Å². The number of anilines is 1. The second-order valence-corrected chi connectivity index (χ2v) is 6.36. The molecule has 1 heterocycles. The van der Waals surface area contributed by atoms with Crippen LogP contribution in [0.4, 0.5) is 5.69 Å². The van der Waals surface area contributed by atoms with Crippen LogP contribution in [0.15, 0.2) is 18.2 Å². The predicted octanol–water partition coefficient (Wildman–Crippen LogP) is 3.87. The van der Waals surface area contributed by atoms with E-state index in [0.717, 1.165) is 13.1 Å². The Kier molecular flexibility index (Phi) is 4.51. The Morgan fingerprint density at radius 3 is 2.68 bits per heavy atom. The zero-order valence-electron chi connectivity index (χ0n) is 12.9. The highest BCUT2D eigenvalue weighted by molar-refractivity contribution is 5.53. The SMILES string of the molecule is CCCNCc1ccc(N2CCCC2(C)C)cc1C. The van der Waals surface area contributed by atoms with Gasteiger partial charge in [0.25, 0.3) is 0 Å². The van der Waals surface area contributed by atoms with E-state index in [1.807, 2.05) is 0 Å². The molecular formula is C17H28N2. The fourth-order valence-electron chi connectivity index (χ4n) is 3.03. The van der Waals surface area contributed by atoms with E-state index in [4.69, 9.17) is 0 Å². The highest BCUT2D eigenvalue weighted by Crippen LogP contribution is 2.34. The quantitative estimate of drug-likeness (QED) is 0.808. The van der Waals surface area contributed by atoms with Gasteiger partial charge in [0.2, 0.25) is 0 Å². The Balaban J connectivity index is 2.10. The van der Waals surface area contributed by atoms with E-state index >= 15 is 0 Å². The van der Waals surface area contributed by atoms with Gasteiger partial charge in [0.05, 0.1) is 0 Å². The molecule has 1 aliphatic heterocycles. The zero-order chi connectivity index (χ0) is 13.9. The summed E-state index contributed by atoms with van der Waals surface area (Å²) in [5.41, 5.74) is 4.53. The van der Waals surface area contributed by atoms with Crippen molar-refractivity contribution in [1.82, 2.24) is 5.32 Å². The number of nitrogens with one attached hydrogen (secondary N) is 1. The van der Waals surface area contributed by atoms with Crippen LogP contribution in [0, 0.1) is 6.92 Å². The third-order valence-corrected chi connectivity index (χ3v) is 4.28. The minimum absolute atomic E-state index is 0.314. The molecule has 0 amide bonds. The van der Waals surface area contributed by atoms with Crippen LogP contribution >= 0.6 is 0 Å². The van der Waals surface area contributed by atoms with E-state index in [1.165, 1.54) is 42.6 Å². The topological polar surface area (TPSA) is 15.3 Å². The standard InChI is InChI=1S/C17H28N2/c1-5-10-18-13-15-7-8-16(12-14(15)2)19-11-6-9-17(19,3)4/h7-8,12,18H,5-6,9-11,13H2,1-4H3. The summed E-state index contributed by atoms with van der Waals surface area (Å²) in [6, 6.07) is 6.95. The molecule has 0 saturated carbocycles. The van der Waals surface area contributed by atoms with Gasteiger partial charge in [-0.2, -0.15) is 0 Å². The Morgan fingerprint density at radius 1 is 1.32 bits per heavy atom. The van der Waals surface area contributed by atoms with E-state index < -0.39 is 0 Å². The van der Waals surface area contributed by atoms with Crippen molar-refractivity contribution in [3.63, 3.8) is 0 Å². The van der Waals surface area contributed by atoms with Crippen molar-refractivity contribution in [2.45, 2.75) is 59.0 Å². The number of hydrogen-bond acceptors (Lipinski definition) is 2. The zero-order valence-corrected chi connectivity index (χ0v) is 12.9. The molecule has 2 nitrogen and oxygen atoms in total. The molecule has 2 rings (SSSR count). The maximum atomic E-state index is 3.48. The van der Waals surface area contributed by atoms with E-state index in [0.29, 0.717) is 5.54 Å². The smallest absolute Gasteiger partial charge is 0.0373 e. The van der Waals surface area contributed by atoms with Crippen molar-refractivity contribution < 1.29 is 0 Å². The summed E-state index contributed by atoms with van der Waals surface area (Å²) in [6.45, 7) is 12.4. The Morgan fingerprint density at radius 2 is 2.11 bits per heavy atom. The van der Waals surface area contributed by atoms with Crippen LogP contribution in [0.25, 0.3) is 0 Å². The number of rotatable bonds is 5. The molecule has 106 valence electrons. The first-order valence-electron chi connectivity index (χ1n) is 7.62. The first kappa shape index (κ1) is 14.4. The lowest BCUT2D eigenvalue weighted by atomic mass is 10.0. The molecule has 1 fully saturated rings. The summed E-state index contributed by atoms with van der Waals surface area (Å²) in [4.78, 5) is 2.56. The van der Waals surface area contributed by atoms with Crippen LogP contribution in [0.3, 0.4) is 0 Å². The second-order valence-electron chi connectivity index (χ2n) is 6.36. The maximum Gasteiger partial charge on any atom is 0.0373 e. The molecule has 1 N–H and O–H groups in total. The lowest BCUT2D eigenvalue weighted by molar-refractivity contribution is 0.518. The van der Waals surface area contributed by atoms with Crippen molar-refractivity contribution in [2.24, 2.45) is 0 Å². The molecule has 0 spiro atoms. The summed E-state index contributed by atoms with van der Waals surface area (Å²) >= 11 is 0. The molecule has 0 aromatic heterocycles. The monoisotopic (exact) mass is 260 g/mol. The van der Waals surface area contributed by atoms with Gasteiger partial charge in [0.1, 0.15) is 0 Å². The molecule has 0 radical (unpaired) electrons. The van der Waals surface area contributed by atoms with E-state index in [2.05, 4.69) is 56.1 Å². The highest BCUT2D eigenvalue weighted by Gasteiger charge is 2.31. The van der Waals surface area contributed by atoms with Gasteiger partial charge in [-0.15, -0.1) is 0 Å². The fourth-order valence-corrected chi connectivity index (χ4v) is 3.03. The predicted molar refractivity (Wildman–Crippen MR) is 83.8 cm³/mol. The molecule has 1 aromatic carbocycles. The van der Waals surface area contributed by atoms with Crippen LogP contribution in [0.1, 0.15) is 51.2 Å². The van der Waals surface area contributed by atoms with Crippen molar-refractivity contribution in [1.29, 1.82) is 0 Å². The normalized spacial score (nSPS) is 18.0. The average molecular weight is 260 g/mol. The molecule has 0 aliphatic carbocycles.